The molecule has 25 heavy (non-hydrogen) atoms. The number of hydrogen-bond donors (Lipinski definition) is 1. The van der Waals surface area contributed by atoms with Crippen LogP contribution in [0.25, 0.3) is 11.3 Å². The molecule has 1 N–H and O–H groups in total. The van der Waals surface area contributed by atoms with Crippen LogP contribution in [0.1, 0.15) is 18.4 Å². The molecule has 0 bridgehead atoms. The van der Waals surface area contributed by atoms with Crippen LogP contribution >= 0.6 is 0 Å². The maximum Gasteiger partial charge on any atom is 0.225 e. The second-order valence-electron chi connectivity index (χ2n) is 6.20. The lowest BCUT2D eigenvalue weighted by Crippen LogP contribution is -2.20. The van der Waals surface area contributed by atoms with Crippen molar-refractivity contribution in [3.63, 3.8) is 0 Å². The van der Waals surface area contributed by atoms with Gasteiger partial charge in [-0.3, -0.25) is 4.98 Å². The van der Waals surface area contributed by atoms with Crippen LogP contribution in [0, 0.1) is 0 Å². The summed E-state index contributed by atoms with van der Waals surface area (Å²) in [6, 6.07) is 16.4. The van der Waals surface area contributed by atoms with E-state index in [-0.39, 0.29) is 0 Å². The van der Waals surface area contributed by atoms with Crippen LogP contribution < -0.4 is 10.2 Å². The van der Waals surface area contributed by atoms with Gasteiger partial charge in [-0.05, 0) is 30.5 Å². The molecule has 0 amide bonds. The van der Waals surface area contributed by atoms with Crippen molar-refractivity contribution >= 4 is 11.8 Å². The molecule has 2 aromatic heterocycles. The Balaban J connectivity index is 1.63. The van der Waals surface area contributed by atoms with E-state index in [1.807, 2.05) is 30.3 Å². The van der Waals surface area contributed by atoms with Gasteiger partial charge in [-0.2, -0.15) is 4.98 Å². The Morgan fingerprint density at radius 2 is 1.68 bits per heavy atom. The first-order valence-electron chi connectivity index (χ1n) is 8.71. The summed E-state index contributed by atoms with van der Waals surface area (Å²) < 4.78 is 0. The maximum absolute atomic E-state index is 4.74. The van der Waals surface area contributed by atoms with Crippen molar-refractivity contribution in [1.82, 2.24) is 15.0 Å². The lowest BCUT2D eigenvalue weighted by molar-refractivity contribution is 0.924. The van der Waals surface area contributed by atoms with E-state index in [0.717, 1.165) is 35.7 Å². The van der Waals surface area contributed by atoms with E-state index in [9.17, 15) is 0 Å². The highest BCUT2D eigenvalue weighted by Crippen LogP contribution is 2.25. The van der Waals surface area contributed by atoms with E-state index in [0.29, 0.717) is 12.5 Å². The largest absolute Gasteiger partial charge is 0.356 e. The molecule has 0 aliphatic carbocycles. The molecule has 3 aromatic rings. The summed E-state index contributed by atoms with van der Waals surface area (Å²) in [6.07, 6.45) is 6.05. The summed E-state index contributed by atoms with van der Waals surface area (Å²) in [5.74, 6) is 1.67. The molecule has 4 rings (SSSR count). The second-order valence-corrected chi connectivity index (χ2v) is 6.20. The van der Waals surface area contributed by atoms with E-state index < -0.39 is 0 Å². The molecule has 5 heteroatoms. The van der Waals surface area contributed by atoms with E-state index >= 15 is 0 Å². The predicted molar refractivity (Wildman–Crippen MR) is 100 cm³/mol. The first-order valence-corrected chi connectivity index (χ1v) is 8.71. The van der Waals surface area contributed by atoms with Crippen LogP contribution in [0.3, 0.4) is 0 Å². The van der Waals surface area contributed by atoms with Crippen molar-refractivity contribution < 1.29 is 0 Å². The topological polar surface area (TPSA) is 53.9 Å². The minimum Gasteiger partial charge on any atom is -0.356 e. The van der Waals surface area contributed by atoms with Gasteiger partial charge in [-0.1, -0.05) is 30.3 Å². The van der Waals surface area contributed by atoms with Gasteiger partial charge in [0, 0.05) is 43.7 Å². The minimum atomic E-state index is 0.667. The highest BCUT2D eigenvalue weighted by molar-refractivity contribution is 5.65. The number of hydrogen-bond acceptors (Lipinski definition) is 5. The van der Waals surface area contributed by atoms with E-state index in [4.69, 9.17) is 9.97 Å². The summed E-state index contributed by atoms with van der Waals surface area (Å²) in [5.41, 5.74) is 3.22. The monoisotopic (exact) mass is 331 g/mol. The minimum absolute atomic E-state index is 0.667. The molecular weight excluding hydrogens is 310 g/mol. The van der Waals surface area contributed by atoms with Crippen LogP contribution in [0.2, 0.25) is 0 Å². The number of anilines is 2. The first-order chi connectivity index (χ1) is 12.4. The van der Waals surface area contributed by atoms with Crippen molar-refractivity contribution in [3.05, 3.63) is 66.5 Å². The molecule has 1 aromatic carbocycles. The molecule has 0 radical (unpaired) electrons. The Kier molecular flexibility index (Phi) is 4.55. The fourth-order valence-electron chi connectivity index (χ4n) is 3.06. The number of benzene rings is 1. The Morgan fingerprint density at radius 3 is 2.44 bits per heavy atom. The van der Waals surface area contributed by atoms with Crippen LogP contribution in [-0.2, 0) is 6.54 Å². The number of pyridine rings is 1. The SMILES string of the molecule is c1ccc(-c2cc(N3CCCC3)nc(NCc3ccncc3)n2)cc1. The average Bonchev–Trinajstić information content (AvgIpc) is 3.23. The zero-order chi connectivity index (χ0) is 16.9. The molecule has 1 aliphatic heterocycles. The Bertz CT molecular complexity index is 814. The molecule has 0 unspecified atom stereocenters. The molecule has 3 heterocycles. The van der Waals surface area contributed by atoms with Crippen LogP contribution in [-0.4, -0.2) is 28.0 Å². The zero-order valence-electron chi connectivity index (χ0n) is 14.1. The number of nitrogens with zero attached hydrogens (tertiary/aromatic N) is 4. The number of aromatic nitrogens is 3. The molecule has 1 fully saturated rings. The van der Waals surface area contributed by atoms with Gasteiger partial charge in [0.25, 0.3) is 0 Å². The maximum atomic E-state index is 4.74. The third-order valence-electron chi connectivity index (χ3n) is 4.41. The quantitative estimate of drug-likeness (QED) is 0.771. The summed E-state index contributed by atoms with van der Waals surface area (Å²) in [6.45, 7) is 2.81. The molecule has 0 atom stereocenters. The second kappa shape index (κ2) is 7.30. The normalized spacial score (nSPS) is 13.8. The van der Waals surface area contributed by atoms with Crippen LogP contribution in [0.5, 0.6) is 0 Å². The van der Waals surface area contributed by atoms with Crippen molar-refractivity contribution in [2.45, 2.75) is 19.4 Å². The van der Waals surface area contributed by atoms with Gasteiger partial charge >= 0.3 is 0 Å². The van der Waals surface area contributed by atoms with E-state index in [2.05, 4.69) is 33.4 Å². The van der Waals surface area contributed by atoms with Crippen LogP contribution in [0.15, 0.2) is 60.9 Å². The van der Waals surface area contributed by atoms with E-state index in [1.54, 1.807) is 12.4 Å². The summed E-state index contributed by atoms with van der Waals surface area (Å²) in [7, 11) is 0. The van der Waals surface area contributed by atoms with Gasteiger partial charge in [0.2, 0.25) is 5.95 Å². The Morgan fingerprint density at radius 1 is 0.920 bits per heavy atom. The molecule has 0 spiro atoms. The number of rotatable bonds is 5. The fraction of sp³-hybridized carbons (Fsp3) is 0.250. The molecule has 5 nitrogen and oxygen atoms in total. The summed E-state index contributed by atoms with van der Waals surface area (Å²) in [5, 5.41) is 3.36. The van der Waals surface area contributed by atoms with E-state index in [1.165, 1.54) is 12.8 Å². The first kappa shape index (κ1) is 15.6. The Labute approximate surface area is 147 Å². The van der Waals surface area contributed by atoms with Crippen LogP contribution in [0.4, 0.5) is 11.8 Å². The summed E-state index contributed by atoms with van der Waals surface area (Å²) in [4.78, 5) is 15.9. The molecule has 1 saturated heterocycles. The molecule has 1 aliphatic rings. The van der Waals surface area contributed by atoms with Crippen molar-refractivity contribution in [1.29, 1.82) is 0 Å². The highest BCUT2D eigenvalue weighted by Gasteiger charge is 2.16. The third-order valence-corrected chi connectivity index (χ3v) is 4.41. The lowest BCUT2D eigenvalue weighted by Gasteiger charge is -2.18. The summed E-state index contributed by atoms with van der Waals surface area (Å²) >= 11 is 0. The Hall–Kier alpha value is -2.95. The number of nitrogens with one attached hydrogen (secondary N) is 1. The molecular formula is C20H21N5. The molecule has 126 valence electrons. The van der Waals surface area contributed by atoms with Gasteiger partial charge in [-0.25, -0.2) is 4.98 Å². The average molecular weight is 331 g/mol. The molecule has 0 saturated carbocycles. The lowest BCUT2D eigenvalue weighted by atomic mass is 10.1. The zero-order valence-corrected chi connectivity index (χ0v) is 14.1. The van der Waals surface area contributed by atoms with Gasteiger partial charge in [0.05, 0.1) is 5.69 Å². The van der Waals surface area contributed by atoms with Gasteiger partial charge in [0.15, 0.2) is 0 Å². The van der Waals surface area contributed by atoms with Gasteiger partial charge in [0.1, 0.15) is 5.82 Å². The van der Waals surface area contributed by atoms with Crippen molar-refractivity contribution in [3.8, 4) is 11.3 Å². The highest BCUT2D eigenvalue weighted by atomic mass is 15.2. The standard InChI is InChI=1S/C20H21N5/c1-2-6-17(7-3-1)18-14-19(25-12-4-5-13-25)24-20(23-18)22-15-16-8-10-21-11-9-16/h1-3,6-11,14H,4-5,12-13,15H2,(H,22,23,24). The predicted octanol–water partition coefficient (Wildman–Crippen LogP) is 3.75. The fourth-order valence-corrected chi connectivity index (χ4v) is 3.06. The third kappa shape index (κ3) is 3.76. The van der Waals surface area contributed by atoms with Gasteiger partial charge in [-0.15, -0.1) is 0 Å². The van der Waals surface area contributed by atoms with Crippen molar-refractivity contribution in [2.24, 2.45) is 0 Å². The van der Waals surface area contributed by atoms with Gasteiger partial charge < -0.3 is 10.2 Å². The van der Waals surface area contributed by atoms with Crippen molar-refractivity contribution in [2.75, 3.05) is 23.3 Å². The smallest absolute Gasteiger partial charge is 0.225 e.